The molecule has 0 fully saturated rings. The van der Waals surface area contributed by atoms with Gasteiger partial charge in [0.05, 0.1) is 0 Å². The SMILES string of the molecule is CNCCc1nc(-c2ccc(C)cc2)n(C)n1. The van der Waals surface area contributed by atoms with Crippen LogP contribution in [0.5, 0.6) is 0 Å². The summed E-state index contributed by atoms with van der Waals surface area (Å²) < 4.78 is 1.84. The van der Waals surface area contributed by atoms with Crippen molar-refractivity contribution in [3.8, 4) is 11.4 Å². The molecule has 2 aromatic rings. The maximum absolute atomic E-state index is 4.56. The van der Waals surface area contributed by atoms with Crippen molar-refractivity contribution in [2.75, 3.05) is 13.6 Å². The van der Waals surface area contributed by atoms with Crippen LogP contribution in [0.1, 0.15) is 11.4 Å². The first-order valence-electron chi connectivity index (χ1n) is 5.82. The first-order chi connectivity index (χ1) is 8.20. The van der Waals surface area contributed by atoms with Crippen LogP contribution in [0.3, 0.4) is 0 Å². The monoisotopic (exact) mass is 230 g/mol. The molecular formula is C13H18N4. The van der Waals surface area contributed by atoms with Gasteiger partial charge in [0.2, 0.25) is 0 Å². The van der Waals surface area contributed by atoms with Gasteiger partial charge in [0.1, 0.15) is 0 Å². The minimum atomic E-state index is 0.857. The van der Waals surface area contributed by atoms with Gasteiger partial charge in [-0.3, -0.25) is 0 Å². The highest BCUT2D eigenvalue weighted by Crippen LogP contribution is 2.17. The Morgan fingerprint density at radius 2 is 1.94 bits per heavy atom. The van der Waals surface area contributed by atoms with E-state index in [1.54, 1.807) is 0 Å². The number of aromatic nitrogens is 3. The Hall–Kier alpha value is -1.68. The van der Waals surface area contributed by atoms with Crippen molar-refractivity contribution < 1.29 is 0 Å². The number of nitrogens with zero attached hydrogens (tertiary/aromatic N) is 3. The van der Waals surface area contributed by atoms with E-state index in [-0.39, 0.29) is 0 Å². The van der Waals surface area contributed by atoms with Crippen molar-refractivity contribution in [1.29, 1.82) is 0 Å². The molecule has 2 rings (SSSR count). The predicted octanol–water partition coefficient (Wildman–Crippen LogP) is 1.55. The summed E-state index contributed by atoms with van der Waals surface area (Å²) in [5, 5.41) is 7.52. The fourth-order valence-corrected chi connectivity index (χ4v) is 1.73. The molecule has 1 N–H and O–H groups in total. The van der Waals surface area contributed by atoms with Crippen molar-refractivity contribution in [3.63, 3.8) is 0 Å². The van der Waals surface area contributed by atoms with Gasteiger partial charge in [-0.05, 0) is 14.0 Å². The lowest BCUT2D eigenvalue weighted by atomic mass is 10.1. The van der Waals surface area contributed by atoms with Gasteiger partial charge in [-0.2, -0.15) is 5.10 Å². The molecule has 90 valence electrons. The van der Waals surface area contributed by atoms with Crippen LogP contribution in [0, 0.1) is 6.92 Å². The molecule has 0 aliphatic carbocycles. The van der Waals surface area contributed by atoms with Gasteiger partial charge in [0.15, 0.2) is 11.6 Å². The van der Waals surface area contributed by atoms with E-state index in [9.17, 15) is 0 Å². The number of nitrogens with one attached hydrogen (secondary N) is 1. The zero-order valence-electron chi connectivity index (χ0n) is 10.6. The zero-order valence-corrected chi connectivity index (χ0v) is 10.6. The minimum Gasteiger partial charge on any atom is -0.319 e. The molecule has 1 heterocycles. The maximum atomic E-state index is 4.56. The van der Waals surface area contributed by atoms with Crippen LogP contribution >= 0.6 is 0 Å². The van der Waals surface area contributed by atoms with Crippen LogP contribution in [0.2, 0.25) is 0 Å². The smallest absolute Gasteiger partial charge is 0.158 e. The summed E-state index contributed by atoms with van der Waals surface area (Å²) in [6.07, 6.45) is 0.857. The van der Waals surface area contributed by atoms with Crippen molar-refractivity contribution >= 4 is 0 Å². The van der Waals surface area contributed by atoms with E-state index in [0.717, 1.165) is 30.2 Å². The molecule has 17 heavy (non-hydrogen) atoms. The van der Waals surface area contributed by atoms with E-state index in [2.05, 4.69) is 46.6 Å². The third kappa shape index (κ3) is 2.71. The van der Waals surface area contributed by atoms with E-state index < -0.39 is 0 Å². The summed E-state index contributed by atoms with van der Waals surface area (Å²) in [6.45, 7) is 2.98. The second-order valence-corrected chi connectivity index (χ2v) is 4.19. The number of hydrogen-bond acceptors (Lipinski definition) is 3. The molecular weight excluding hydrogens is 212 g/mol. The molecule has 0 saturated carbocycles. The summed E-state index contributed by atoms with van der Waals surface area (Å²) in [7, 11) is 3.87. The Morgan fingerprint density at radius 1 is 1.24 bits per heavy atom. The van der Waals surface area contributed by atoms with E-state index in [1.165, 1.54) is 5.56 Å². The molecule has 0 aliphatic heterocycles. The Morgan fingerprint density at radius 3 is 2.59 bits per heavy atom. The maximum Gasteiger partial charge on any atom is 0.158 e. The predicted molar refractivity (Wildman–Crippen MR) is 68.8 cm³/mol. The Bertz CT molecular complexity index is 485. The van der Waals surface area contributed by atoms with E-state index in [4.69, 9.17) is 0 Å². The molecule has 4 nitrogen and oxygen atoms in total. The third-order valence-corrected chi connectivity index (χ3v) is 2.72. The minimum absolute atomic E-state index is 0.857. The normalized spacial score (nSPS) is 10.8. The Balaban J connectivity index is 2.26. The molecule has 0 atom stereocenters. The molecule has 0 spiro atoms. The zero-order chi connectivity index (χ0) is 12.3. The van der Waals surface area contributed by atoms with E-state index in [0.29, 0.717) is 0 Å². The molecule has 0 bridgehead atoms. The summed E-state index contributed by atoms with van der Waals surface area (Å²) in [5.41, 5.74) is 2.37. The standard InChI is InChI=1S/C13H18N4/c1-10-4-6-11(7-5-10)13-15-12(8-9-14-2)16-17(13)3/h4-7,14H,8-9H2,1-3H3. The summed E-state index contributed by atoms with van der Waals surface area (Å²) >= 11 is 0. The molecule has 1 aromatic carbocycles. The lowest BCUT2D eigenvalue weighted by Gasteiger charge is -1.99. The molecule has 0 aliphatic rings. The molecule has 0 saturated heterocycles. The van der Waals surface area contributed by atoms with E-state index >= 15 is 0 Å². The quantitative estimate of drug-likeness (QED) is 0.866. The van der Waals surface area contributed by atoms with Gasteiger partial charge in [0.25, 0.3) is 0 Å². The Labute approximate surface area is 102 Å². The fourth-order valence-electron chi connectivity index (χ4n) is 1.73. The van der Waals surface area contributed by atoms with Crippen molar-refractivity contribution in [2.45, 2.75) is 13.3 Å². The lowest BCUT2D eigenvalue weighted by molar-refractivity contribution is 0.717. The van der Waals surface area contributed by atoms with Crippen molar-refractivity contribution in [1.82, 2.24) is 20.1 Å². The summed E-state index contributed by atoms with van der Waals surface area (Å²) in [5.74, 6) is 1.81. The highest BCUT2D eigenvalue weighted by Gasteiger charge is 2.08. The first kappa shape index (κ1) is 11.8. The Kier molecular flexibility index (Phi) is 3.54. The number of aryl methyl sites for hydroxylation is 2. The van der Waals surface area contributed by atoms with Crippen LogP contribution in [-0.4, -0.2) is 28.4 Å². The molecule has 0 unspecified atom stereocenters. The number of rotatable bonds is 4. The van der Waals surface area contributed by atoms with Gasteiger partial charge in [-0.25, -0.2) is 9.67 Å². The third-order valence-electron chi connectivity index (χ3n) is 2.72. The second kappa shape index (κ2) is 5.10. The largest absolute Gasteiger partial charge is 0.319 e. The molecule has 0 amide bonds. The van der Waals surface area contributed by atoms with Crippen molar-refractivity contribution in [2.24, 2.45) is 7.05 Å². The fraction of sp³-hybridized carbons (Fsp3) is 0.385. The number of hydrogen-bond donors (Lipinski definition) is 1. The van der Waals surface area contributed by atoms with Gasteiger partial charge >= 0.3 is 0 Å². The molecule has 1 aromatic heterocycles. The highest BCUT2D eigenvalue weighted by atomic mass is 15.3. The summed E-state index contributed by atoms with van der Waals surface area (Å²) in [6, 6.07) is 8.36. The average molecular weight is 230 g/mol. The highest BCUT2D eigenvalue weighted by molar-refractivity contribution is 5.55. The molecule has 0 radical (unpaired) electrons. The average Bonchev–Trinajstić information content (AvgIpc) is 2.69. The summed E-state index contributed by atoms with van der Waals surface area (Å²) in [4.78, 5) is 4.56. The topological polar surface area (TPSA) is 42.7 Å². The van der Waals surface area contributed by atoms with Crippen LogP contribution in [-0.2, 0) is 13.5 Å². The van der Waals surface area contributed by atoms with Gasteiger partial charge in [0, 0.05) is 25.6 Å². The van der Waals surface area contributed by atoms with Crippen molar-refractivity contribution in [3.05, 3.63) is 35.7 Å². The van der Waals surface area contributed by atoms with Gasteiger partial charge < -0.3 is 5.32 Å². The van der Waals surface area contributed by atoms with Crippen LogP contribution in [0.15, 0.2) is 24.3 Å². The van der Waals surface area contributed by atoms with Gasteiger partial charge in [-0.15, -0.1) is 0 Å². The van der Waals surface area contributed by atoms with Crippen LogP contribution < -0.4 is 5.32 Å². The van der Waals surface area contributed by atoms with Crippen LogP contribution in [0.4, 0.5) is 0 Å². The van der Waals surface area contributed by atoms with Gasteiger partial charge in [-0.1, -0.05) is 29.8 Å². The van der Waals surface area contributed by atoms with E-state index in [1.807, 2.05) is 18.8 Å². The van der Waals surface area contributed by atoms with Crippen LogP contribution in [0.25, 0.3) is 11.4 Å². The number of likely N-dealkylation sites (N-methyl/N-ethyl adjacent to an activating group) is 1. The molecule has 4 heteroatoms. The first-order valence-corrected chi connectivity index (χ1v) is 5.82. The second-order valence-electron chi connectivity index (χ2n) is 4.19. The number of benzene rings is 1. The lowest BCUT2D eigenvalue weighted by Crippen LogP contribution is -2.11.